The summed E-state index contributed by atoms with van der Waals surface area (Å²) in [7, 11) is 0. The Morgan fingerprint density at radius 2 is 1.92 bits per heavy atom. The largest absolute Gasteiger partial charge is 0.444 e. The zero-order valence-electron chi connectivity index (χ0n) is 15.1. The van der Waals surface area contributed by atoms with E-state index in [2.05, 4.69) is 9.97 Å². The average Bonchev–Trinajstić information content (AvgIpc) is 3.00. The predicted octanol–water partition coefficient (Wildman–Crippen LogP) is 4.89. The van der Waals surface area contributed by atoms with Crippen molar-refractivity contribution in [3.8, 4) is 0 Å². The Bertz CT molecular complexity index is 900. The Kier molecular flexibility index (Phi) is 4.93. The van der Waals surface area contributed by atoms with E-state index in [4.69, 9.17) is 4.74 Å². The zero-order chi connectivity index (χ0) is 18.7. The number of H-pyrrole nitrogens is 1. The Hall–Kier alpha value is -2.89. The van der Waals surface area contributed by atoms with Crippen molar-refractivity contribution in [1.29, 1.82) is 0 Å². The minimum absolute atomic E-state index is 0.171. The van der Waals surface area contributed by atoms with E-state index in [1.165, 1.54) is 17.0 Å². The van der Waals surface area contributed by atoms with E-state index in [0.29, 0.717) is 23.5 Å². The molecule has 0 bridgehead atoms. The van der Waals surface area contributed by atoms with Crippen LogP contribution >= 0.6 is 0 Å². The molecule has 0 unspecified atom stereocenters. The molecule has 0 aliphatic heterocycles. The van der Waals surface area contributed by atoms with Crippen molar-refractivity contribution in [2.45, 2.75) is 27.4 Å². The normalized spacial score (nSPS) is 11.5. The Labute approximate surface area is 151 Å². The lowest BCUT2D eigenvalue weighted by molar-refractivity contribution is 0.144. The van der Waals surface area contributed by atoms with Crippen LogP contribution in [0.1, 0.15) is 26.3 Å². The quantitative estimate of drug-likeness (QED) is 0.725. The number of hydrogen-bond acceptors (Lipinski definition) is 3. The van der Waals surface area contributed by atoms with Gasteiger partial charge in [0.05, 0.1) is 11.0 Å². The molecule has 5 nitrogen and oxygen atoms in total. The van der Waals surface area contributed by atoms with Gasteiger partial charge in [-0.3, -0.25) is 0 Å². The number of imidazole rings is 1. The van der Waals surface area contributed by atoms with Crippen LogP contribution in [0.4, 0.5) is 15.1 Å². The van der Waals surface area contributed by atoms with Crippen molar-refractivity contribution in [2.24, 2.45) is 5.41 Å². The minimum Gasteiger partial charge on any atom is -0.444 e. The number of halogens is 1. The van der Waals surface area contributed by atoms with Crippen molar-refractivity contribution in [3.63, 3.8) is 0 Å². The SMILES string of the molecule is CC(C)(C)CN(C(=O)OCc1ccccc1)c1nc2cc(F)ccc2[nH]1. The topological polar surface area (TPSA) is 58.2 Å². The number of ether oxygens (including phenoxy) is 1. The molecule has 3 aromatic rings. The van der Waals surface area contributed by atoms with Gasteiger partial charge in [0.2, 0.25) is 5.95 Å². The molecular weight excluding hydrogens is 333 g/mol. The summed E-state index contributed by atoms with van der Waals surface area (Å²) in [4.78, 5) is 21.6. The molecule has 3 rings (SSSR count). The van der Waals surface area contributed by atoms with Gasteiger partial charge in [0.25, 0.3) is 0 Å². The maximum absolute atomic E-state index is 13.4. The van der Waals surface area contributed by atoms with Gasteiger partial charge in [0.1, 0.15) is 12.4 Å². The fourth-order valence-corrected chi connectivity index (χ4v) is 2.59. The lowest BCUT2D eigenvalue weighted by atomic mass is 9.96. The molecule has 0 saturated heterocycles. The molecule has 0 aliphatic carbocycles. The number of carbonyl (C=O) groups excluding carboxylic acids is 1. The molecule has 0 radical (unpaired) electrons. The highest BCUT2D eigenvalue weighted by atomic mass is 19.1. The summed E-state index contributed by atoms with van der Waals surface area (Å²) in [6.07, 6.45) is -0.497. The highest BCUT2D eigenvalue weighted by Gasteiger charge is 2.26. The summed E-state index contributed by atoms with van der Waals surface area (Å²) in [5.74, 6) is -0.0248. The average molecular weight is 355 g/mol. The van der Waals surface area contributed by atoms with Gasteiger partial charge in [-0.25, -0.2) is 19.1 Å². The van der Waals surface area contributed by atoms with Crippen molar-refractivity contribution in [1.82, 2.24) is 9.97 Å². The van der Waals surface area contributed by atoms with Gasteiger partial charge in [-0.05, 0) is 23.1 Å². The highest BCUT2D eigenvalue weighted by Crippen LogP contribution is 2.24. The van der Waals surface area contributed by atoms with Gasteiger partial charge in [-0.2, -0.15) is 0 Å². The smallest absolute Gasteiger partial charge is 0.417 e. The van der Waals surface area contributed by atoms with Crippen LogP contribution < -0.4 is 4.90 Å². The summed E-state index contributed by atoms with van der Waals surface area (Å²) in [5, 5.41) is 0. The molecule has 1 N–H and O–H groups in total. The first-order valence-electron chi connectivity index (χ1n) is 8.45. The summed E-state index contributed by atoms with van der Waals surface area (Å²) in [5.41, 5.74) is 1.87. The van der Waals surface area contributed by atoms with Crippen LogP contribution in [0.5, 0.6) is 0 Å². The number of benzene rings is 2. The number of fused-ring (bicyclic) bond motifs is 1. The van der Waals surface area contributed by atoms with Crippen molar-refractivity contribution in [2.75, 3.05) is 11.4 Å². The zero-order valence-corrected chi connectivity index (χ0v) is 15.1. The Morgan fingerprint density at radius 1 is 1.19 bits per heavy atom. The number of amides is 1. The number of aromatic amines is 1. The molecule has 136 valence electrons. The fraction of sp³-hybridized carbons (Fsp3) is 0.300. The molecule has 1 amide bonds. The summed E-state index contributed by atoms with van der Waals surface area (Å²) in [6, 6.07) is 13.8. The Balaban J connectivity index is 1.84. The molecule has 0 atom stereocenters. The molecule has 1 aromatic heterocycles. The molecule has 0 fully saturated rings. The maximum Gasteiger partial charge on any atom is 0.417 e. The number of anilines is 1. The number of rotatable bonds is 4. The van der Waals surface area contributed by atoms with Gasteiger partial charge in [0, 0.05) is 12.6 Å². The summed E-state index contributed by atoms with van der Waals surface area (Å²) >= 11 is 0. The predicted molar refractivity (Wildman–Crippen MR) is 99.5 cm³/mol. The fourth-order valence-electron chi connectivity index (χ4n) is 2.59. The van der Waals surface area contributed by atoms with Crippen LogP contribution in [0.25, 0.3) is 11.0 Å². The van der Waals surface area contributed by atoms with Crippen molar-refractivity contribution >= 4 is 23.1 Å². The van der Waals surface area contributed by atoms with E-state index in [0.717, 1.165) is 5.56 Å². The van der Waals surface area contributed by atoms with Crippen LogP contribution in [-0.2, 0) is 11.3 Å². The van der Waals surface area contributed by atoms with Gasteiger partial charge >= 0.3 is 6.09 Å². The van der Waals surface area contributed by atoms with E-state index in [-0.39, 0.29) is 17.8 Å². The standard InChI is InChI=1S/C20H22FN3O2/c1-20(2,3)13-24(19(25)26-12-14-7-5-4-6-8-14)18-22-16-10-9-15(21)11-17(16)23-18/h4-11H,12-13H2,1-3H3,(H,22,23). The van der Waals surface area contributed by atoms with Crippen LogP contribution in [0.2, 0.25) is 0 Å². The minimum atomic E-state index is -0.497. The third kappa shape index (κ3) is 4.39. The van der Waals surface area contributed by atoms with E-state index in [1.54, 1.807) is 6.07 Å². The van der Waals surface area contributed by atoms with E-state index >= 15 is 0 Å². The molecule has 6 heteroatoms. The number of aromatic nitrogens is 2. The summed E-state index contributed by atoms with van der Waals surface area (Å²) < 4.78 is 18.9. The first kappa shape index (κ1) is 17.9. The second-order valence-corrected chi connectivity index (χ2v) is 7.41. The van der Waals surface area contributed by atoms with Crippen LogP contribution in [0.3, 0.4) is 0 Å². The van der Waals surface area contributed by atoms with Gasteiger partial charge in [-0.1, -0.05) is 51.1 Å². The molecule has 1 heterocycles. The van der Waals surface area contributed by atoms with Gasteiger partial charge < -0.3 is 9.72 Å². The molecule has 0 saturated carbocycles. The van der Waals surface area contributed by atoms with E-state index < -0.39 is 6.09 Å². The van der Waals surface area contributed by atoms with Crippen LogP contribution in [0.15, 0.2) is 48.5 Å². The lowest BCUT2D eigenvalue weighted by Gasteiger charge is -2.27. The molecular formula is C20H22FN3O2. The second-order valence-electron chi connectivity index (χ2n) is 7.41. The van der Waals surface area contributed by atoms with E-state index in [9.17, 15) is 9.18 Å². The number of hydrogen-bond donors (Lipinski definition) is 1. The van der Waals surface area contributed by atoms with E-state index in [1.807, 2.05) is 51.1 Å². The first-order chi connectivity index (χ1) is 12.3. The van der Waals surface area contributed by atoms with Gasteiger partial charge in [0.15, 0.2) is 0 Å². The van der Waals surface area contributed by atoms with Crippen LogP contribution in [-0.4, -0.2) is 22.6 Å². The third-order valence-corrected chi connectivity index (χ3v) is 3.75. The Morgan fingerprint density at radius 3 is 2.62 bits per heavy atom. The first-order valence-corrected chi connectivity index (χ1v) is 8.45. The monoisotopic (exact) mass is 355 g/mol. The lowest BCUT2D eigenvalue weighted by Crippen LogP contribution is -2.39. The second kappa shape index (κ2) is 7.15. The molecule has 26 heavy (non-hydrogen) atoms. The maximum atomic E-state index is 13.4. The molecule has 0 spiro atoms. The highest BCUT2D eigenvalue weighted by molar-refractivity contribution is 5.88. The van der Waals surface area contributed by atoms with Crippen LogP contribution in [0, 0.1) is 11.2 Å². The number of nitrogens with one attached hydrogen (secondary N) is 1. The molecule has 0 aliphatic rings. The molecule has 2 aromatic carbocycles. The third-order valence-electron chi connectivity index (χ3n) is 3.75. The van der Waals surface area contributed by atoms with Gasteiger partial charge in [-0.15, -0.1) is 0 Å². The van der Waals surface area contributed by atoms with Crippen molar-refractivity contribution in [3.05, 3.63) is 59.9 Å². The summed E-state index contributed by atoms with van der Waals surface area (Å²) in [6.45, 7) is 6.64. The van der Waals surface area contributed by atoms with Crippen molar-refractivity contribution < 1.29 is 13.9 Å². The number of nitrogens with zero attached hydrogens (tertiary/aromatic N) is 2. The number of carbonyl (C=O) groups is 1.